The van der Waals surface area contributed by atoms with E-state index >= 15 is 0 Å². The van der Waals surface area contributed by atoms with E-state index in [2.05, 4.69) is 17.4 Å². The van der Waals surface area contributed by atoms with Crippen molar-refractivity contribution in [3.05, 3.63) is 34.4 Å². The van der Waals surface area contributed by atoms with Crippen LogP contribution in [0, 0.1) is 5.92 Å². The highest BCUT2D eigenvalue weighted by atomic mass is 16.2. The Morgan fingerprint density at radius 1 is 1.33 bits per heavy atom. The smallest absolute Gasteiger partial charge is 0.316 e. The largest absolute Gasteiger partial charge is 0.420 e. The topological polar surface area (TPSA) is 32.1 Å². The van der Waals surface area contributed by atoms with Crippen LogP contribution in [0.3, 0.4) is 0 Å². The fourth-order valence-electron chi connectivity index (χ4n) is 3.72. The fourth-order valence-corrected chi connectivity index (χ4v) is 3.72. The molecule has 2 atom stereocenters. The van der Waals surface area contributed by atoms with Gasteiger partial charge in [-0.05, 0) is 54.5 Å². The quantitative estimate of drug-likeness (QED) is 0.691. The Kier molecular flexibility index (Phi) is 2.04. The highest BCUT2D eigenvalue weighted by molar-refractivity contribution is 6.04. The summed E-state index contributed by atoms with van der Waals surface area (Å²) in [4.78, 5) is 12.0. The van der Waals surface area contributed by atoms with Crippen LogP contribution in [0.4, 0.5) is 0 Å². The van der Waals surface area contributed by atoms with Crippen molar-refractivity contribution in [1.82, 2.24) is 5.32 Å². The van der Waals surface area contributed by atoms with Crippen molar-refractivity contribution >= 4 is 12.1 Å². The number of carbonyl (C=O) groups is 1. The Hall–Kier alpha value is -1.48. The molecule has 2 heterocycles. The van der Waals surface area contributed by atoms with Crippen LogP contribution in [0.15, 0.2) is 12.1 Å². The van der Waals surface area contributed by atoms with Gasteiger partial charge in [-0.1, -0.05) is 0 Å². The van der Waals surface area contributed by atoms with Crippen molar-refractivity contribution in [1.29, 1.82) is 0 Å². The maximum Gasteiger partial charge on any atom is 0.420 e. The molecule has 18 heavy (non-hydrogen) atoms. The maximum atomic E-state index is 12.0. The normalized spacial score (nSPS) is 28.7. The molecule has 1 amide bonds. The van der Waals surface area contributed by atoms with Gasteiger partial charge in [0.15, 0.2) is 6.21 Å². The molecule has 2 unspecified atom stereocenters. The third-order valence-electron chi connectivity index (χ3n) is 4.58. The van der Waals surface area contributed by atoms with Crippen molar-refractivity contribution in [2.45, 2.75) is 18.8 Å². The molecule has 3 aliphatic rings. The Balaban J connectivity index is 1.87. The third-order valence-corrected chi connectivity index (χ3v) is 4.58. The van der Waals surface area contributed by atoms with E-state index in [0.717, 1.165) is 36.6 Å². The van der Waals surface area contributed by atoms with Gasteiger partial charge in [0, 0.05) is 6.54 Å². The molecule has 4 rings (SSSR count). The molecule has 2 bridgehead atoms. The van der Waals surface area contributed by atoms with Gasteiger partial charge in [0.2, 0.25) is 0 Å². The molecule has 3 heteroatoms. The predicted molar refractivity (Wildman–Crippen MR) is 69.5 cm³/mol. The summed E-state index contributed by atoms with van der Waals surface area (Å²) in [6.07, 6.45) is 4.39. The van der Waals surface area contributed by atoms with Crippen LogP contribution in [0.1, 0.15) is 39.4 Å². The summed E-state index contributed by atoms with van der Waals surface area (Å²) < 4.78 is 1.69. The molecule has 1 N–H and O–H groups in total. The molecule has 2 aliphatic heterocycles. The van der Waals surface area contributed by atoms with E-state index in [1.54, 1.807) is 4.58 Å². The van der Waals surface area contributed by atoms with Gasteiger partial charge in [0.25, 0.3) is 0 Å². The van der Waals surface area contributed by atoms with E-state index in [0.29, 0.717) is 5.92 Å². The van der Waals surface area contributed by atoms with Crippen molar-refractivity contribution < 1.29 is 9.37 Å². The molecule has 0 aromatic heterocycles. The second-order valence-electron chi connectivity index (χ2n) is 5.84. The molecule has 3 nitrogen and oxygen atoms in total. The number of fused-ring (bicyclic) bond motifs is 5. The Labute approximate surface area is 107 Å². The molecule has 0 saturated carbocycles. The number of benzene rings is 1. The Bertz CT molecular complexity index is 588. The van der Waals surface area contributed by atoms with Crippen LogP contribution in [0.5, 0.6) is 0 Å². The number of carbonyl (C=O) groups excluding carboxylic acids is 1. The summed E-state index contributed by atoms with van der Waals surface area (Å²) in [5.41, 5.74) is 4.87. The van der Waals surface area contributed by atoms with E-state index in [1.165, 1.54) is 17.5 Å². The number of hydrogen-bond acceptors (Lipinski definition) is 2. The summed E-state index contributed by atoms with van der Waals surface area (Å²) in [5, 5.41) is 3.53. The summed E-state index contributed by atoms with van der Waals surface area (Å²) in [5.74, 6) is 1.54. The highest BCUT2D eigenvalue weighted by Gasteiger charge is 2.35. The van der Waals surface area contributed by atoms with Crippen molar-refractivity contribution in [2.75, 3.05) is 20.1 Å². The molecule has 1 aromatic rings. The zero-order chi connectivity index (χ0) is 12.3. The minimum Gasteiger partial charge on any atom is -0.316 e. The SMILES string of the molecule is C[N+]1=Cc2cc3c(cc2C1=O)CC1CNCC3C1. The van der Waals surface area contributed by atoms with Gasteiger partial charge in [-0.2, -0.15) is 4.58 Å². The maximum absolute atomic E-state index is 12.0. The highest BCUT2D eigenvalue weighted by Crippen LogP contribution is 2.38. The van der Waals surface area contributed by atoms with Gasteiger partial charge in [0.1, 0.15) is 12.6 Å². The van der Waals surface area contributed by atoms with Crippen LogP contribution in [0.2, 0.25) is 0 Å². The number of amides is 1. The average molecular weight is 241 g/mol. The van der Waals surface area contributed by atoms with Gasteiger partial charge in [0.05, 0.1) is 5.56 Å². The summed E-state index contributed by atoms with van der Waals surface area (Å²) in [6, 6.07) is 4.40. The molecule has 92 valence electrons. The molecular weight excluding hydrogens is 224 g/mol. The summed E-state index contributed by atoms with van der Waals surface area (Å²) >= 11 is 0. The van der Waals surface area contributed by atoms with Crippen LogP contribution in [0.25, 0.3) is 0 Å². The van der Waals surface area contributed by atoms with Crippen LogP contribution in [-0.4, -0.2) is 36.8 Å². The van der Waals surface area contributed by atoms with Crippen molar-refractivity contribution in [2.24, 2.45) is 5.92 Å². The number of nitrogens with zero attached hydrogens (tertiary/aromatic N) is 1. The lowest BCUT2D eigenvalue weighted by Crippen LogP contribution is -2.39. The number of hydrogen-bond donors (Lipinski definition) is 1. The zero-order valence-electron chi connectivity index (χ0n) is 10.6. The monoisotopic (exact) mass is 241 g/mol. The Morgan fingerprint density at radius 2 is 2.22 bits per heavy atom. The van der Waals surface area contributed by atoms with Gasteiger partial charge in [-0.3, -0.25) is 0 Å². The molecule has 1 saturated heterocycles. The second kappa shape index (κ2) is 3.51. The Morgan fingerprint density at radius 3 is 3.11 bits per heavy atom. The average Bonchev–Trinajstić information content (AvgIpc) is 2.64. The van der Waals surface area contributed by atoms with E-state index < -0.39 is 0 Å². The molecule has 1 aromatic carbocycles. The van der Waals surface area contributed by atoms with Gasteiger partial charge >= 0.3 is 5.91 Å². The van der Waals surface area contributed by atoms with Gasteiger partial charge in [-0.25, -0.2) is 4.79 Å². The number of rotatable bonds is 0. The van der Waals surface area contributed by atoms with Crippen LogP contribution in [-0.2, 0) is 6.42 Å². The number of nitrogens with one attached hydrogen (secondary N) is 1. The third kappa shape index (κ3) is 1.34. The van der Waals surface area contributed by atoms with Crippen LogP contribution < -0.4 is 5.32 Å². The van der Waals surface area contributed by atoms with E-state index in [-0.39, 0.29) is 5.91 Å². The van der Waals surface area contributed by atoms with Crippen molar-refractivity contribution in [3.8, 4) is 0 Å². The number of piperidine rings is 1. The fraction of sp³-hybridized carbons (Fsp3) is 0.467. The second-order valence-corrected chi connectivity index (χ2v) is 5.84. The first-order valence-corrected chi connectivity index (χ1v) is 6.72. The minimum absolute atomic E-state index is 0.140. The lowest BCUT2D eigenvalue weighted by molar-refractivity contribution is -0.385. The van der Waals surface area contributed by atoms with Crippen molar-refractivity contribution in [3.63, 3.8) is 0 Å². The lowest BCUT2D eigenvalue weighted by Gasteiger charge is -2.36. The first kappa shape index (κ1) is 10.4. The molecule has 0 spiro atoms. The first-order valence-electron chi connectivity index (χ1n) is 6.72. The molecule has 1 aliphatic carbocycles. The lowest BCUT2D eigenvalue weighted by atomic mass is 9.73. The van der Waals surface area contributed by atoms with E-state index in [4.69, 9.17) is 0 Å². The molecular formula is C15H17N2O+. The zero-order valence-corrected chi connectivity index (χ0v) is 10.6. The summed E-state index contributed by atoms with van der Waals surface area (Å²) in [6.45, 7) is 2.22. The van der Waals surface area contributed by atoms with E-state index in [1.807, 2.05) is 13.3 Å². The minimum atomic E-state index is 0.140. The summed E-state index contributed by atoms with van der Waals surface area (Å²) in [7, 11) is 1.83. The molecule has 0 radical (unpaired) electrons. The van der Waals surface area contributed by atoms with Crippen LogP contribution >= 0.6 is 0 Å². The standard InChI is InChI=1S/C15H17N2O/c1-17-8-12-5-13-10(4-14(12)15(17)18)2-9-3-11(13)7-16-6-9/h4-5,8-9,11,16H,2-3,6-7H2,1H3/q+1. The van der Waals surface area contributed by atoms with Gasteiger partial charge in [-0.15, -0.1) is 0 Å². The molecule has 1 fully saturated rings. The van der Waals surface area contributed by atoms with Gasteiger partial charge < -0.3 is 5.32 Å². The predicted octanol–water partition coefficient (Wildman–Crippen LogP) is 1.15. The van der Waals surface area contributed by atoms with E-state index in [9.17, 15) is 4.79 Å². The first-order chi connectivity index (χ1) is 8.72.